The monoisotopic (exact) mass is 368 g/mol. The van der Waals surface area contributed by atoms with Crippen molar-refractivity contribution in [3.05, 3.63) is 81.9 Å². The van der Waals surface area contributed by atoms with Gasteiger partial charge < -0.3 is 0 Å². The lowest BCUT2D eigenvalue weighted by molar-refractivity contribution is 0.232. The summed E-state index contributed by atoms with van der Waals surface area (Å²) in [5, 5.41) is 0. The molecule has 3 aliphatic carbocycles. The third kappa shape index (κ3) is 1.97. The molecule has 28 heavy (non-hydrogen) atoms. The van der Waals surface area contributed by atoms with E-state index in [1.54, 1.807) is 33.4 Å². The van der Waals surface area contributed by atoms with Crippen molar-refractivity contribution in [1.82, 2.24) is 0 Å². The zero-order valence-corrected chi connectivity index (χ0v) is 17.8. The smallest absolute Gasteiger partial charge is 0.0172 e. The Labute approximate surface area is 170 Å². The van der Waals surface area contributed by atoms with Crippen molar-refractivity contribution in [2.24, 2.45) is 10.8 Å². The van der Waals surface area contributed by atoms with Crippen LogP contribution in [-0.2, 0) is 6.42 Å². The lowest BCUT2D eigenvalue weighted by Gasteiger charge is -2.53. The van der Waals surface area contributed by atoms with Gasteiger partial charge in [-0.1, -0.05) is 93.4 Å². The molecule has 0 heterocycles. The molecular weight excluding hydrogens is 336 g/mol. The Bertz CT molecular complexity index is 992. The summed E-state index contributed by atoms with van der Waals surface area (Å²) in [4.78, 5) is 0. The minimum atomic E-state index is 0.180. The summed E-state index contributed by atoms with van der Waals surface area (Å²) in [5.41, 5.74) is 11.7. The third-order valence-corrected chi connectivity index (χ3v) is 8.54. The van der Waals surface area contributed by atoms with Gasteiger partial charge in [0.25, 0.3) is 0 Å². The molecule has 1 atom stereocenters. The molecule has 1 unspecified atom stereocenters. The summed E-state index contributed by atoms with van der Waals surface area (Å²) in [6.45, 7) is 9.70. The normalized spacial score (nSPS) is 23.0. The Morgan fingerprint density at radius 3 is 2.21 bits per heavy atom. The lowest BCUT2D eigenvalue weighted by Crippen LogP contribution is -2.41. The standard InChI is InChI=1S/C28H32/c1-5-27(6-2)23-17-19-13-10-12-16-22(19)26(23)28(7-3,8-4)24-18-20-14-9-11-15-21(20)25(24)27/h9-17,26H,5-8,18H2,1-4H3. The fraction of sp³-hybridized carbons (Fsp3) is 0.429. The molecule has 0 nitrogen and oxygen atoms in total. The van der Waals surface area contributed by atoms with Crippen LogP contribution in [-0.4, -0.2) is 0 Å². The average molecular weight is 369 g/mol. The molecule has 0 bridgehead atoms. The highest BCUT2D eigenvalue weighted by Crippen LogP contribution is 2.70. The summed E-state index contributed by atoms with van der Waals surface area (Å²) in [5.74, 6) is 0.548. The van der Waals surface area contributed by atoms with Crippen molar-refractivity contribution in [3.8, 4) is 0 Å². The van der Waals surface area contributed by atoms with Gasteiger partial charge in [0.05, 0.1) is 0 Å². The fourth-order valence-electron chi connectivity index (χ4n) is 7.08. The fourth-order valence-corrected chi connectivity index (χ4v) is 7.08. The molecule has 3 aliphatic rings. The van der Waals surface area contributed by atoms with Gasteiger partial charge in [0.15, 0.2) is 0 Å². The summed E-state index contributed by atoms with van der Waals surface area (Å²) < 4.78 is 0. The molecular formula is C28H32. The van der Waals surface area contributed by atoms with Crippen molar-refractivity contribution in [2.45, 2.75) is 65.7 Å². The highest BCUT2D eigenvalue weighted by atomic mass is 14.6. The van der Waals surface area contributed by atoms with Crippen molar-refractivity contribution >= 4 is 11.6 Å². The topological polar surface area (TPSA) is 0 Å². The van der Waals surface area contributed by atoms with E-state index in [0.717, 1.165) is 6.42 Å². The van der Waals surface area contributed by atoms with Gasteiger partial charge >= 0.3 is 0 Å². The van der Waals surface area contributed by atoms with E-state index in [9.17, 15) is 0 Å². The van der Waals surface area contributed by atoms with Gasteiger partial charge in [-0.2, -0.15) is 0 Å². The number of allylic oxidation sites excluding steroid dienone is 3. The molecule has 0 heteroatoms. The minimum absolute atomic E-state index is 0.180. The number of hydrogen-bond acceptors (Lipinski definition) is 0. The predicted octanol–water partition coefficient (Wildman–Crippen LogP) is 7.80. The zero-order chi connectivity index (χ0) is 19.5. The van der Waals surface area contributed by atoms with Crippen molar-refractivity contribution in [1.29, 1.82) is 0 Å². The molecule has 144 valence electrons. The van der Waals surface area contributed by atoms with E-state index in [1.165, 1.54) is 31.2 Å². The summed E-state index contributed by atoms with van der Waals surface area (Å²) in [6, 6.07) is 18.5. The first-order valence-corrected chi connectivity index (χ1v) is 11.3. The molecule has 0 saturated heterocycles. The maximum Gasteiger partial charge on any atom is 0.0172 e. The van der Waals surface area contributed by atoms with Crippen LogP contribution in [0.3, 0.4) is 0 Å². The molecule has 2 aromatic rings. The molecule has 0 spiro atoms. The lowest BCUT2D eigenvalue weighted by atomic mass is 9.50. The predicted molar refractivity (Wildman–Crippen MR) is 120 cm³/mol. The van der Waals surface area contributed by atoms with Crippen molar-refractivity contribution in [3.63, 3.8) is 0 Å². The Morgan fingerprint density at radius 1 is 0.821 bits per heavy atom. The second kappa shape index (κ2) is 6.21. The van der Waals surface area contributed by atoms with Crippen LogP contribution in [0.15, 0.2) is 59.7 Å². The van der Waals surface area contributed by atoms with E-state index in [1.807, 2.05) is 0 Å². The maximum atomic E-state index is 2.58. The van der Waals surface area contributed by atoms with E-state index in [-0.39, 0.29) is 10.8 Å². The third-order valence-electron chi connectivity index (χ3n) is 8.54. The van der Waals surface area contributed by atoms with Crippen LogP contribution in [0.2, 0.25) is 0 Å². The first kappa shape index (κ1) is 18.0. The number of rotatable bonds is 4. The van der Waals surface area contributed by atoms with Crippen LogP contribution < -0.4 is 0 Å². The van der Waals surface area contributed by atoms with Gasteiger partial charge in [-0.3, -0.25) is 0 Å². The van der Waals surface area contributed by atoms with Gasteiger partial charge in [0.2, 0.25) is 0 Å². The zero-order valence-electron chi connectivity index (χ0n) is 17.8. The Hall–Kier alpha value is -2.08. The molecule has 0 radical (unpaired) electrons. The first-order valence-electron chi connectivity index (χ1n) is 11.3. The highest BCUT2D eigenvalue weighted by molar-refractivity contribution is 5.89. The molecule has 0 aromatic heterocycles. The van der Waals surface area contributed by atoms with Crippen LogP contribution in [0.1, 0.15) is 81.5 Å². The second-order valence-corrected chi connectivity index (χ2v) is 9.00. The van der Waals surface area contributed by atoms with Gasteiger partial charge in [-0.25, -0.2) is 0 Å². The van der Waals surface area contributed by atoms with E-state index in [2.05, 4.69) is 82.3 Å². The van der Waals surface area contributed by atoms with Gasteiger partial charge in [-0.05, 0) is 59.9 Å². The van der Waals surface area contributed by atoms with E-state index in [4.69, 9.17) is 0 Å². The molecule has 0 N–H and O–H groups in total. The second-order valence-electron chi connectivity index (χ2n) is 9.00. The quantitative estimate of drug-likeness (QED) is 0.516. The van der Waals surface area contributed by atoms with Crippen LogP contribution in [0.25, 0.3) is 11.6 Å². The molecule has 0 saturated carbocycles. The van der Waals surface area contributed by atoms with E-state index < -0.39 is 0 Å². The minimum Gasteiger partial charge on any atom is -0.0645 e. The van der Waals surface area contributed by atoms with Crippen LogP contribution in [0.5, 0.6) is 0 Å². The number of fused-ring (bicyclic) bond motifs is 5. The van der Waals surface area contributed by atoms with Gasteiger partial charge in [0, 0.05) is 16.7 Å². The number of benzene rings is 2. The SMILES string of the molecule is CCC1(CC)C2=Cc3ccccc3C2C(CC)(CC)C2=C1c1ccccc1C2. The first-order chi connectivity index (χ1) is 13.7. The Balaban J connectivity index is 1.88. The molecule has 2 aromatic carbocycles. The summed E-state index contributed by atoms with van der Waals surface area (Å²) in [7, 11) is 0. The van der Waals surface area contributed by atoms with E-state index >= 15 is 0 Å². The van der Waals surface area contributed by atoms with Crippen LogP contribution in [0.4, 0.5) is 0 Å². The number of hydrogen-bond donors (Lipinski definition) is 0. The molecule has 0 fully saturated rings. The van der Waals surface area contributed by atoms with Gasteiger partial charge in [-0.15, -0.1) is 0 Å². The molecule has 5 rings (SSSR count). The largest absolute Gasteiger partial charge is 0.0645 e. The van der Waals surface area contributed by atoms with Crippen LogP contribution in [0, 0.1) is 10.8 Å². The van der Waals surface area contributed by atoms with Crippen LogP contribution >= 0.6 is 0 Å². The summed E-state index contributed by atoms with van der Waals surface area (Å²) in [6.07, 6.45) is 8.55. The van der Waals surface area contributed by atoms with Crippen molar-refractivity contribution in [2.75, 3.05) is 0 Å². The summed E-state index contributed by atoms with van der Waals surface area (Å²) >= 11 is 0. The Morgan fingerprint density at radius 2 is 1.50 bits per heavy atom. The molecule has 0 aliphatic heterocycles. The maximum absolute atomic E-state index is 2.58. The van der Waals surface area contributed by atoms with Gasteiger partial charge in [0.1, 0.15) is 0 Å². The average Bonchev–Trinajstić information content (AvgIpc) is 3.33. The molecule has 0 amide bonds. The highest BCUT2D eigenvalue weighted by Gasteiger charge is 2.57. The Kier molecular flexibility index (Phi) is 3.99. The van der Waals surface area contributed by atoms with Crippen molar-refractivity contribution < 1.29 is 0 Å². The van der Waals surface area contributed by atoms with E-state index in [0.29, 0.717) is 5.92 Å².